The van der Waals surface area contributed by atoms with Crippen molar-refractivity contribution in [1.29, 1.82) is 0 Å². The number of benzene rings is 1. The van der Waals surface area contributed by atoms with Gasteiger partial charge in [-0.2, -0.15) is 0 Å². The van der Waals surface area contributed by atoms with Crippen LogP contribution in [0.5, 0.6) is 0 Å². The van der Waals surface area contributed by atoms with Crippen molar-refractivity contribution in [2.75, 3.05) is 0 Å². The first kappa shape index (κ1) is 12.8. The molecule has 0 fully saturated rings. The standard InChI is InChI=1S/C12H17Cl2N/c1-12(2,3)10(15)7-8-5-4-6-9(13)11(8)14/h4-6,10H,7,15H2,1-3H3. The molecule has 0 saturated heterocycles. The molecule has 0 aromatic heterocycles. The summed E-state index contributed by atoms with van der Waals surface area (Å²) in [5.74, 6) is 0. The average molecular weight is 246 g/mol. The summed E-state index contributed by atoms with van der Waals surface area (Å²) in [7, 11) is 0. The molecule has 3 heteroatoms. The first-order valence-corrected chi connectivity index (χ1v) is 5.76. The fraction of sp³-hybridized carbons (Fsp3) is 0.500. The third-order valence-corrected chi connectivity index (χ3v) is 3.44. The highest BCUT2D eigenvalue weighted by atomic mass is 35.5. The third kappa shape index (κ3) is 3.37. The Morgan fingerprint density at radius 3 is 2.40 bits per heavy atom. The lowest BCUT2D eigenvalue weighted by molar-refractivity contribution is 0.318. The van der Waals surface area contributed by atoms with E-state index in [-0.39, 0.29) is 11.5 Å². The summed E-state index contributed by atoms with van der Waals surface area (Å²) in [5.41, 5.74) is 7.20. The number of nitrogens with two attached hydrogens (primary N) is 1. The molecule has 2 N–H and O–H groups in total. The van der Waals surface area contributed by atoms with Crippen molar-refractivity contribution in [2.45, 2.75) is 33.2 Å². The van der Waals surface area contributed by atoms with Gasteiger partial charge >= 0.3 is 0 Å². The molecule has 84 valence electrons. The van der Waals surface area contributed by atoms with E-state index in [1.54, 1.807) is 6.07 Å². The number of hydrogen-bond acceptors (Lipinski definition) is 1. The molecular weight excluding hydrogens is 229 g/mol. The fourth-order valence-corrected chi connectivity index (χ4v) is 1.65. The lowest BCUT2D eigenvalue weighted by atomic mass is 9.84. The van der Waals surface area contributed by atoms with Crippen molar-refractivity contribution in [2.24, 2.45) is 11.1 Å². The predicted molar refractivity (Wildman–Crippen MR) is 67.6 cm³/mol. The molecule has 0 aliphatic heterocycles. The molecule has 0 aliphatic carbocycles. The monoisotopic (exact) mass is 245 g/mol. The molecule has 1 aromatic carbocycles. The molecule has 1 nitrogen and oxygen atoms in total. The Kier molecular flexibility index (Phi) is 4.05. The van der Waals surface area contributed by atoms with Gasteiger partial charge in [0.25, 0.3) is 0 Å². The highest BCUT2D eigenvalue weighted by Gasteiger charge is 2.21. The normalized spacial score (nSPS) is 14.0. The summed E-state index contributed by atoms with van der Waals surface area (Å²) in [5, 5.41) is 1.22. The Morgan fingerprint density at radius 2 is 1.87 bits per heavy atom. The summed E-state index contributed by atoms with van der Waals surface area (Å²) in [6, 6.07) is 5.74. The van der Waals surface area contributed by atoms with Gasteiger partial charge in [-0.05, 0) is 23.5 Å². The Bertz CT molecular complexity index is 342. The minimum Gasteiger partial charge on any atom is -0.327 e. The van der Waals surface area contributed by atoms with E-state index >= 15 is 0 Å². The molecule has 1 rings (SSSR count). The van der Waals surface area contributed by atoms with Crippen LogP contribution in [0.3, 0.4) is 0 Å². The van der Waals surface area contributed by atoms with E-state index in [0.717, 1.165) is 12.0 Å². The molecule has 0 aliphatic rings. The molecular formula is C12H17Cl2N. The molecule has 1 aromatic rings. The molecule has 0 radical (unpaired) electrons. The van der Waals surface area contributed by atoms with Gasteiger partial charge in [0.1, 0.15) is 0 Å². The SMILES string of the molecule is CC(C)(C)C(N)Cc1cccc(Cl)c1Cl. The van der Waals surface area contributed by atoms with Crippen LogP contribution in [-0.4, -0.2) is 6.04 Å². The third-order valence-electron chi connectivity index (χ3n) is 2.58. The van der Waals surface area contributed by atoms with Crippen molar-refractivity contribution in [3.8, 4) is 0 Å². The molecule has 1 unspecified atom stereocenters. The van der Waals surface area contributed by atoms with Gasteiger partial charge in [-0.15, -0.1) is 0 Å². The van der Waals surface area contributed by atoms with E-state index < -0.39 is 0 Å². The van der Waals surface area contributed by atoms with Crippen molar-refractivity contribution in [3.63, 3.8) is 0 Å². The highest BCUT2D eigenvalue weighted by Crippen LogP contribution is 2.29. The van der Waals surface area contributed by atoms with E-state index in [4.69, 9.17) is 28.9 Å². The van der Waals surface area contributed by atoms with Crippen LogP contribution in [0.25, 0.3) is 0 Å². The van der Waals surface area contributed by atoms with Gasteiger partial charge in [0, 0.05) is 6.04 Å². The minimum absolute atomic E-state index is 0.0750. The maximum absolute atomic E-state index is 6.10. The summed E-state index contributed by atoms with van der Waals surface area (Å²) in [6.45, 7) is 6.36. The topological polar surface area (TPSA) is 26.0 Å². The Hall–Kier alpha value is -0.240. The van der Waals surface area contributed by atoms with Crippen molar-refractivity contribution in [3.05, 3.63) is 33.8 Å². The summed E-state index contributed by atoms with van der Waals surface area (Å²) >= 11 is 12.0. The number of rotatable bonds is 2. The van der Waals surface area contributed by atoms with Gasteiger partial charge in [-0.25, -0.2) is 0 Å². The Labute approximate surface area is 102 Å². The van der Waals surface area contributed by atoms with Crippen LogP contribution in [0.1, 0.15) is 26.3 Å². The molecule has 0 heterocycles. The van der Waals surface area contributed by atoms with Crippen LogP contribution in [0.15, 0.2) is 18.2 Å². The maximum atomic E-state index is 6.10. The van der Waals surface area contributed by atoms with Crippen molar-refractivity contribution < 1.29 is 0 Å². The quantitative estimate of drug-likeness (QED) is 0.841. The van der Waals surface area contributed by atoms with Gasteiger partial charge in [0.15, 0.2) is 0 Å². The first-order valence-electron chi connectivity index (χ1n) is 5.01. The lowest BCUT2D eigenvalue weighted by Gasteiger charge is -2.27. The zero-order valence-electron chi connectivity index (χ0n) is 9.35. The average Bonchev–Trinajstić information content (AvgIpc) is 2.11. The van der Waals surface area contributed by atoms with Crippen LogP contribution in [0, 0.1) is 5.41 Å². The van der Waals surface area contributed by atoms with Crippen LogP contribution in [-0.2, 0) is 6.42 Å². The smallest absolute Gasteiger partial charge is 0.0624 e. The van der Waals surface area contributed by atoms with Gasteiger partial charge in [0.2, 0.25) is 0 Å². The summed E-state index contributed by atoms with van der Waals surface area (Å²) in [4.78, 5) is 0. The lowest BCUT2D eigenvalue weighted by Crippen LogP contribution is -2.36. The van der Waals surface area contributed by atoms with Crippen LogP contribution < -0.4 is 5.73 Å². The fourth-order valence-electron chi connectivity index (χ4n) is 1.25. The van der Waals surface area contributed by atoms with E-state index in [1.807, 2.05) is 12.1 Å². The van der Waals surface area contributed by atoms with Gasteiger partial charge in [0.05, 0.1) is 10.0 Å². The van der Waals surface area contributed by atoms with E-state index in [0.29, 0.717) is 10.0 Å². The number of hydrogen-bond donors (Lipinski definition) is 1. The summed E-state index contributed by atoms with van der Waals surface area (Å²) in [6.07, 6.45) is 0.753. The molecule has 0 spiro atoms. The van der Waals surface area contributed by atoms with Crippen LogP contribution >= 0.6 is 23.2 Å². The van der Waals surface area contributed by atoms with Crippen LogP contribution in [0.2, 0.25) is 10.0 Å². The maximum Gasteiger partial charge on any atom is 0.0624 e. The highest BCUT2D eigenvalue weighted by molar-refractivity contribution is 6.42. The zero-order valence-corrected chi connectivity index (χ0v) is 10.9. The molecule has 0 bridgehead atoms. The van der Waals surface area contributed by atoms with Gasteiger partial charge in [-0.3, -0.25) is 0 Å². The molecule has 0 saturated carbocycles. The van der Waals surface area contributed by atoms with Crippen molar-refractivity contribution >= 4 is 23.2 Å². The van der Waals surface area contributed by atoms with Gasteiger partial charge < -0.3 is 5.73 Å². The Morgan fingerprint density at radius 1 is 1.27 bits per heavy atom. The van der Waals surface area contributed by atoms with Crippen molar-refractivity contribution in [1.82, 2.24) is 0 Å². The molecule has 0 amide bonds. The van der Waals surface area contributed by atoms with Gasteiger partial charge in [-0.1, -0.05) is 56.1 Å². The van der Waals surface area contributed by atoms with E-state index in [9.17, 15) is 0 Å². The second-order valence-corrected chi connectivity index (χ2v) is 5.67. The second kappa shape index (κ2) is 4.73. The summed E-state index contributed by atoms with van der Waals surface area (Å²) < 4.78 is 0. The molecule has 1 atom stereocenters. The first-order chi connectivity index (χ1) is 6.82. The zero-order chi connectivity index (χ0) is 11.6. The molecule has 15 heavy (non-hydrogen) atoms. The number of halogens is 2. The van der Waals surface area contributed by atoms with E-state index in [1.165, 1.54) is 0 Å². The predicted octanol–water partition coefficient (Wildman–Crippen LogP) is 3.91. The largest absolute Gasteiger partial charge is 0.327 e. The van der Waals surface area contributed by atoms with Crippen LogP contribution in [0.4, 0.5) is 0 Å². The van der Waals surface area contributed by atoms with E-state index in [2.05, 4.69) is 20.8 Å². The second-order valence-electron chi connectivity index (χ2n) is 4.89. The Balaban J connectivity index is 2.86. The minimum atomic E-state index is 0.0750.